The minimum Gasteiger partial charge on any atom is -0.382 e. The van der Waals surface area contributed by atoms with E-state index in [0.717, 1.165) is 19.4 Å². The van der Waals surface area contributed by atoms with E-state index in [-0.39, 0.29) is 18.2 Å². The van der Waals surface area contributed by atoms with Crippen molar-refractivity contribution in [2.75, 3.05) is 20.3 Å². The Labute approximate surface area is 114 Å². The van der Waals surface area contributed by atoms with Crippen molar-refractivity contribution in [3.63, 3.8) is 0 Å². The minimum absolute atomic E-state index is 0.111. The molecular formula is C15H21NO3. The molecule has 0 spiro atoms. The smallest absolute Gasteiger partial charge is 0.139 e. The summed E-state index contributed by atoms with van der Waals surface area (Å²) in [5.41, 5.74) is 1.21. The van der Waals surface area contributed by atoms with E-state index in [2.05, 4.69) is 17.0 Å². The molecule has 4 heteroatoms. The Bertz CT molecular complexity index is 396. The predicted molar refractivity (Wildman–Crippen MR) is 72.9 cm³/mol. The quantitative estimate of drug-likeness (QED) is 0.755. The second kappa shape index (κ2) is 6.80. The van der Waals surface area contributed by atoms with Crippen LogP contribution in [0.3, 0.4) is 0 Å². The van der Waals surface area contributed by atoms with Crippen molar-refractivity contribution >= 4 is 6.29 Å². The monoisotopic (exact) mass is 263 g/mol. The van der Waals surface area contributed by atoms with Crippen molar-refractivity contribution in [3.8, 4) is 0 Å². The number of carbonyl (C=O) groups excluding carboxylic acids is 1. The van der Waals surface area contributed by atoms with Gasteiger partial charge >= 0.3 is 0 Å². The van der Waals surface area contributed by atoms with Gasteiger partial charge in [0, 0.05) is 20.2 Å². The molecule has 1 fully saturated rings. The normalized spacial score (nSPS) is 28.2. The van der Waals surface area contributed by atoms with Crippen LogP contribution < -0.4 is 0 Å². The van der Waals surface area contributed by atoms with Crippen LogP contribution in [0, 0.1) is 0 Å². The largest absolute Gasteiger partial charge is 0.382 e. The Morgan fingerprint density at radius 3 is 2.79 bits per heavy atom. The van der Waals surface area contributed by atoms with E-state index in [1.54, 1.807) is 7.11 Å². The fraction of sp³-hybridized carbons (Fsp3) is 0.533. The molecule has 104 valence electrons. The number of hydrogen-bond donors (Lipinski definition) is 0. The van der Waals surface area contributed by atoms with Crippen LogP contribution in [0.25, 0.3) is 0 Å². The first-order valence-electron chi connectivity index (χ1n) is 6.62. The molecular weight excluding hydrogens is 242 g/mol. The molecule has 0 bridgehead atoms. The van der Waals surface area contributed by atoms with Crippen molar-refractivity contribution in [1.29, 1.82) is 0 Å². The number of hydrogen-bond acceptors (Lipinski definition) is 4. The lowest BCUT2D eigenvalue weighted by Crippen LogP contribution is -2.56. The number of methoxy groups -OCH3 is 1. The molecule has 3 unspecified atom stereocenters. The lowest BCUT2D eigenvalue weighted by molar-refractivity contribution is -0.147. The summed E-state index contributed by atoms with van der Waals surface area (Å²) in [7, 11) is 1.63. The predicted octanol–water partition coefficient (Wildman–Crippen LogP) is 1.49. The molecule has 0 aromatic heterocycles. The average Bonchev–Trinajstić information content (AvgIpc) is 2.40. The first-order chi connectivity index (χ1) is 9.24. The molecule has 0 saturated carbocycles. The molecule has 1 heterocycles. The Kier molecular flexibility index (Phi) is 5.07. The third-order valence-electron chi connectivity index (χ3n) is 3.40. The van der Waals surface area contributed by atoms with Gasteiger partial charge in [-0.15, -0.1) is 0 Å². The number of aldehydes is 1. The maximum Gasteiger partial charge on any atom is 0.139 e. The molecule has 3 atom stereocenters. The van der Waals surface area contributed by atoms with Crippen LogP contribution in [0.5, 0.6) is 0 Å². The van der Waals surface area contributed by atoms with Gasteiger partial charge in [-0.25, -0.2) is 0 Å². The van der Waals surface area contributed by atoms with Gasteiger partial charge in [-0.3, -0.25) is 4.90 Å². The highest BCUT2D eigenvalue weighted by molar-refractivity contribution is 5.59. The lowest BCUT2D eigenvalue weighted by Gasteiger charge is -2.41. The molecule has 1 aliphatic rings. The summed E-state index contributed by atoms with van der Waals surface area (Å²) in [6, 6.07) is 9.94. The number of benzene rings is 1. The van der Waals surface area contributed by atoms with E-state index in [1.165, 1.54) is 5.56 Å². The SMILES string of the molecule is COCC1OC(C)CN(Cc2ccccc2)C1C=O. The highest BCUT2D eigenvalue weighted by atomic mass is 16.5. The van der Waals surface area contributed by atoms with Crippen LogP contribution in [0.4, 0.5) is 0 Å². The number of rotatable bonds is 5. The summed E-state index contributed by atoms with van der Waals surface area (Å²) < 4.78 is 10.9. The average molecular weight is 263 g/mol. The molecule has 4 nitrogen and oxygen atoms in total. The number of morpholine rings is 1. The summed E-state index contributed by atoms with van der Waals surface area (Å²) in [6.07, 6.45) is 0.897. The first kappa shape index (κ1) is 14.2. The topological polar surface area (TPSA) is 38.8 Å². The number of ether oxygens (including phenoxy) is 2. The zero-order valence-electron chi connectivity index (χ0n) is 11.5. The zero-order chi connectivity index (χ0) is 13.7. The fourth-order valence-corrected chi connectivity index (χ4v) is 2.57. The van der Waals surface area contributed by atoms with Gasteiger partial charge in [-0.05, 0) is 12.5 Å². The van der Waals surface area contributed by atoms with Gasteiger partial charge < -0.3 is 14.3 Å². The van der Waals surface area contributed by atoms with E-state index >= 15 is 0 Å². The molecule has 1 aromatic carbocycles. The first-order valence-corrected chi connectivity index (χ1v) is 6.62. The Hall–Kier alpha value is -1.23. The van der Waals surface area contributed by atoms with Gasteiger partial charge in [0.2, 0.25) is 0 Å². The standard InChI is InChI=1S/C15H21NO3/c1-12-8-16(9-13-6-4-3-5-7-13)14(10-17)15(19-12)11-18-2/h3-7,10,12,14-15H,8-9,11H2,1-2H3. The van der Waals surface area contributed by atoms with Crippen molar-refractivity contribution in [1.82, 2.24) is 4.90 Å². The van der Waals surface area contributed by atoms with E-state index in [9.17, 15) is 4.79 Å². The summed E-state index contributed by atoms with van der Waals surface area (Å²) >= 11 is 0. The number of carbonyl (C=O) groups is 1. The zero-order valence-corrected chi connectivity index (χ0v) is 11.5. The van der Waals surface area contributed by atoms with Crippen LogP contribution in [0.1, 0.15) is 12.5 Å². The molecule has 1 aromatic rings. The summed E-state index contributed by atoms with van der Waals surface area (Å²) in [5, 5.41) is 0. The third kappa shape index (κ3) is 3.62. The summed E-state index contributed by atoms with van der Waals surface area (Å²) in [5.74, 6) is 0. The van der Waals surface area contributed by atoms with Crippen LogP contribution in [-0.2, 0) is 20.8 Å². The molecule has 2 rings (SSSR count). The molecule has 0 aliphatic carbocycles. The van der Waals surface area contributed by atoms with Crippen LogP contribution in [0.2, 0.25) is 0 Å². The van der Waals surface area contributed by atoms with Crippen LogP contribution in [0.15, 0.2) is 30.3 Å². The minimum atomic E-state index is -0.239. The van der Waals surface area contributed by atoms with Gasteiger partial charge in [0.15, 0.2) is 0 Å². The van der Waals surface area contributed by atoms with Gasteiger partial charge in [-0.1, -0.05) is 30.3 Å². The fourth-order valence-electron chi connectivity index (χ4n) is 2.57. The van der Waals surface area contributed by atoms with Crippen molar-refractivity contribution in [2.45, 2.75) is 31.7 Å². The maximum atomic E-state index is 11.4. The molecule has 1 aliphatic heterocycles. The summed E-state index contributed by atoms with van der Waals surface area (Å²) in [4.78, 5) is 13.5. The van der Waals surface area contributed by atoms with Crippen molar-refractivity contribution in [3.05, 3.63) is 35.9 Å². The van der Waals surface area contributed by atoms with Crippen LogP contribution >= 0.6 is 0 Å². The Morgan fingerprint density at radius 1 is 1.42 bits per heavy atom. The van der Waals surface area contributed by atoms with Crippen molar-refractivity contribution in [2.24, 2.45) is 0 Å². The van der Waals surface area contributed by atoms with Crippen molar-refractivity contribution < 1.29 is 14.3 Å². The van der Waals surface area contributed by atoms with E-state index < -0.39 is 0 Å². The van der Waals surface area contributed by atoms with Crippen LogP contribution in [-0.4, -0.2) is 49.7 Å². The van der Waals surface area contributed by atoms with Gasteiger partial charge in [0.05, 0.1) is 18.8 Å². The van der Waals surface area contributed by atoms with Gasteiger partial charge in [0.25, 0.3) is 0 Å². The second-order valence-electron chi connectivity index (χ2n) is 4.98. The lowest BCUT2D eigenvalue weighted by atomic mass is 10.1. The summed E-state index contributed by atoms with van der Waals surface area (Å²) in [6.45, 7) is 4.00. The molecule has 0 radical (unpaired) electrons. The number of nitrogens with zero attached hydrogens (tertiary/aromatic N) is 1. The van der Waals surface area contributed by atoms with E-state index in [1.807, 2.05) is 25.1 Å². The van der Waals surface area contributed by atoms with E-state index in [0.29, 0.717) is 6.61 Å². The molecule has 0 N–H and O–H groups in total. The molecule has 1 saturated heterocycles. The maximum absolute atomic E-state index is 11.4. The van der Waals surface area contributed by atoms with E-state index in [4.69, 9.17) is 9.47 Å². The highest BCUT2D eigenvalue weighted by Crippen LogP contribution is 2.20. The molecule has 19 heavy (non-hydrogen) atoms. The Balaban J connectivity index is 2.10. The second-order valence-corrected chi connectivity index (χ2v) is 4.98. The highest BCUT2D eigenvalue weighted by Gasteiger charge is 2.35. The van der Waals surface area contributed by atoms with Gasteiger partial charge in [-0.2, -0.15) is 0 Å². The third-order valence-corrected chi connectivity index (χ3v) is 3.40. The van der Waals surface area contributed by atoms with Gasteiger partial charge in [0.1, 0.15) is 12.4 Å². The molecule has 0 amide bonds. The Morgan fingerprint density at radius 2 is 2.16 bits per heavy atom.